The highest BCUT2D eigenvalue weighted by molar-refractivity contribution is 8.00. The Labute approximate surface area is 194 Å². The van der Waals surface area contributed by atoms with Crippen LogP contribution in [0.2, 0.25) is 0 Å². The number of nitrogens with two attached hydrogens (primary N) is 1. The van der Waals surface area contributed by atoms with E-state index in [-0.39, 0.29) is 62.1 Å². The summed E-state index contributed by atoms with van der Waals surface area (Å²) in [6.07, 6.45) is 1.49. The average molecular weight is 485 g/mol. The number of thioether (sulfide) groups is 1. The molecule has 12 nitrogen and oxygen atoms in total. The average Bonchev–Trinajstić information content (AvgIpc) is 3.22. The third-order valence-electron chi connectivity index (χ3n) is 5.14. The molecule has 0 bridgehead atoms. The summed E-state index contributed by atoms with van der Waals surface area (Å²) in [5.41, 5.74) is 5.24. The maximum absolute atomic E-state index is 12.6. The molecule has 0 saturated carbocycles. The second-order valence-electron chi connectivity index (χ2n) is 7.70. The van der Waals surface area contributed by atoms with E-state index in [1.54, 1.807) is 0 Å². The zero-order valence-electron chi connectivity index (χ0n) is 18.4. The van der Waals surface area contributed by atoms with Crippen molar-refractivity contribution in [1.82, 2.24) is 15.3 Å². The Hall–Kier alpha value is -2.80. The van der Waals surface area contributed by atoms with Crippen LogP contribution in [0.25, 0.3) is 0 Å². The highest BCUT2D eigenvalue weighted by Gasteiger charge is 2.39. The number of hydrogen-bond acceptors (Lipinski definition) is 10. The van der Waals surface area contributed by atoms with Gasteiger partial charge in [0.15, 0.2) is 5.78 Å². The number of imide groups is 2. The van der Waals surface area contributed by atoms with E-state index in [2.05, 4.69) is 5.32 Å². The molecule has 2 rings (SSSR count). The molecule has 0 aromatic carbocycles. The predicted octanol–water partition coefficient (Wildman–Crippen LogP) is -0.953. The van der Waals surface area contributed by atoms with E-state index in [9.17, 15) is 33.6 Å². The molecule has 33 heavy (non-hydrogen) atoms. The molecule has 2 atom stereocenters. The van der Waals surface area contributed by atoms with Gasteiger partial charge in [-0.15, -0.1) is 16.8 Å². The summed E-state index contributed by atoms with van der Waals surface area (Å²) in [5.74, 6) is -3.01. The molecule has 2 unspecified atom stereocenters. The third-order valence-corrected chi connectivity index (χ3v) is 6.44. The predicted molar refractivity (Wildman–Crippen MR) is 115 cm³/mol. The number of nitrogens with zero attached hydrogens (tertiary/aromatic N) is 2. The Kier molecular flexibility index (Phi) is 9.97. The van der Waals surface area contributed by atoms with Gasteiger partial charge >= 0.3 is 5.97 Å². The summed E-state index contributed by atoms with van der Waals surface area (Å²) in [6, 6.07) is -0.783. The standard InChI is InChI=1S/C20H28N4O8S/c1-12(25)13(22-15(26)10-21)11-33-14-9-18(29)23(20(14)31)8-4-2-3-5-19(30)32-24-16(27)6-7-17(24)28/h13-14H,2-11,21H2,1H3,(H,22,26). The molecule has 2 aliphatic heterocycles. The van der Waals surface area contributed by atoms with E-state index in [4.69, 9.17) is 10.6 Å². The minimum atomic E-state index is -0.783. The lowest BCUT2D eigenvalue weighted by molar-refractivity contribution is -0.197. The van der Waals surface area contributed by atoms with Gasteiger partial charge in [-0.2, -0.15) is 0 Å². The number of hydroxylamine groups is 2. The molecule has 182 valence electrons. The molecule has 5 amide bonds. The molecule has 0 spiro atoms. The maximum Gasteiger partial charge on any atom is 0.333 e. The fourth-order valence-corrected chi connectivity index (χ4v) is 4.54. The van der Waals surface area contributed by atoms with Gasteiger partial charge in [0, 0.05) is 38.0 Å². The van der Waals surface area contributed by atoms with Crippen LogP contribution >= 0.6 is 11.8 Å². The van der Waals surface area contributed by atoms with E-state index in [0.29, 0.717) is 24.3 Å². The zero-order valence-corrected chi connectivity index (χ0v) is 19.2. The summed E-state index contributed by atoms with van der Waals surface area (Å²) in [6.45, 7) is 1.27. The number of rotatable bonds is 13. The summed E-state index contributed by atoms with van der Waals surface area (Å²) < 4.78 is 0. The van der Waals surface area contributed by atoms with Crippen LogP contribution in [0.4, 0.5) is 0 Å². The molecule has 0 aliphatic carbocycles. The molecular weight excluding hydrogens is 456 g/mol. The molecule has 0 aromatic rings. The van der Waals surface area contributed by atoms with Crippen LogP contribution in [-0.4, -0.2) is 81.4 Å². The van der Waals surface area contributed by atoms with Crippen molar-refractivity contribution >= 4 is 53.1 Å². The van der Waals surface area contributed by atoms with Crippen LogP contribution in [0.3, 0.4) is 0 Å². The van der Waals surface area contributed by atoms with Crippen LogP contribution in [-0.2, 0) is 38.4 Å². The van der Waals surface area contributed by atoms with E-state index in [1.165, 1.54) is 11.8 Å². The first-order valence-electron chi connectivity index (χ1n) is 10.7. The first-order valence-corrected chi connectivity index (χ1v) is 11.7. The quantitative estimate of drug-likeness (QED) is 0.245. The van der Waals surface area contributed by atoms with Gasteiger partial charge in [-0.3, -0.25) is 33.7 Å². The van der Waals surface area contributed by atoms with Crippen molar-refractivity contribution < 1.29 is 38.4 Å². The lowest BCUT2D eigenvalue weighted by atomic mass is 10.2. The Bertz CT molecular complexity index is 817. The minimum absolute atomic E-state index is 0.00160. The van der Waals surface area contributed by atoms with Crippen molar-refractivity contribution in [2.24, 2.45) is 5.73 Å². The monoisotopic (exact) mass is 484 g/mol. The van der Waals surface area contributed by atoms with E-state index < -0.39 is 35.0 Å². The minimum Gasteiger partial charge on any atom is -0.344 e. The van der Waals surface area contributed by atoms with Gasteiger partial charge in [0.2, 0.25) is 17.7 Å². The number of carbonyl (C=O) groups excluding carboxylic acids is 7. The van der Waals surface area contributed by atoms with Crippen molar-refractivity contribution in [2.45, 2.75) is 63.2 Å². The van der Waals surface area contributed by atoms with Crippen molar-refractivity contribution in [3.63, 3.8) is 0 Å². The Morgan fingerprint density at radius 3 is 2.36 bits per heavy atom. The molecule has 2 saturated heterocycles. The molecule has 0 aromatic heterocycles. The summed E-state index contributed by atoms with van der Waals surface area (Å²) in [4.78, 5) is 88.5. The van der Waals surface area contributed by atoms with Crippen molar-refractivity contribution in [2.75, 3.05) is 18.8 Å². The lowest BCUT2D eigenvalue weighted by Crippen LogP contribution is -2.44. The van der Waals surface area contributed by atoms with Crippen molar-refractivity contribution in [3.05, 3.63) is 0 Å². The SMILES string of the molecule is CC(=O)C(CSC1CC(=O)N(CCCCCC(=O)ON2C(=O)CCC2=O)C1=O)NC(=O)CN. The van der Waals surface area contributed by atoms with Gasteiger partial charge in [-0.1, -0.05) is 6.42 Å². The number of likely N-dealkylation sites (tertiary alicyclic amines) is 1. The molecule has 3 N–H and O–H groups in total. The number of unbranched alkanes of at least 4 members (excludes halogenated alkanes) is 2. The first kappa shape index (κ1) is 26.5. The highest BCUT2D eigenvalue weighted by atomic mass is 32.2. The third kappa shape index (κ3) is 7.63. The van der Waals surface area contributed by atoms with Gasteiger partial charge in [0.1, 0.15) is 0 Å². The summed E-state index contributed by atoms with van der Waals surface area (Å²) >= 11 is 1.14. The smallest absolute Gasteiger partial charge is 0.333 e. The van der Waals surface area contributed by atoms with E-state index in [0.717, 1.165) is 11.8 Å². The normalized spacial score (nSPS) is 19.3. The summed E-state index contributed by atoms with van der Waals surface area (Å²) in [5, 5.41) is 2.36. The molecule has 2 aliphatic rings. The largest absolute Gasteiger partial charge is 0.344 e. The topological polar surface area (TPSA) is 173 Å². The number of hydrogen-bond donors (Lipinski definition) is 2. The van der Waals surface area contributed by atoms with E-state index >= 15 is 0 Å². The first-order chi connectivity index (χ1) is 15.6. The van der Waals surface area contributed by atoms with Crippen LogP contribution in [0.1, 0.15) is 51.9 Å². The Morgan fingerprint density at radius 1 is 1.09 bits per heavy atom. The number of carbonyl (C=O) groups is 7. The lowest BCUT2D eigenvalue weighted by Gasteiger charge is -2.17. The number of nitrogens with one attached hydrogen (secondary N) is 1. The van der Waals surface area contributed by atoms with Crippen molar-refractivity contribution in [3.8, 4) is 0 Å². The maximum atomic E-state index is 12.6. The second kappa shape index (κ2) is 12.4. The van der Waals surface area contributed by atoms with E-state index in [1.807, 2.05) is 0 Å². The number of amides is 5. The fourth-order valence-electron chi connectivity index (χ4n) is 3.27. The van der Waals surface area contributed by atoms with Gasteiger partial charge in [-0.05, 0) is 19.8 Å². The van der Waals surface area contributed by atoms with Crippen LogP contribution < -0.4 is 11.1 Å². The Balaban J connectivity index is 1.69. The zero-order chi connectivity index (χ0) is 24.5. The van der Waals surface area contributed by atoms with Crippen molar-refractivity contribution in [1.29, 1.82) is 0 Å². The molecule has 2 fully saturated rings. The van der Waals surface area contributed by atoms with Gasteiger partial charge in [0.05, 0.1) is 17.8 Å². The summed E-state index contributed by atoms with van der Waals surface area (Å²) in [7, 11) is 0. The van der Waals surface area contributed by atoms with Gasteiger partial charge < -0.3 is 15.9 Å². The molecule has 13 heteroatoms. The van der Waals surface area contributed by atoms with Crippen LogP contribution in [0.15, 0.2) is 0 Å². The fraction of sp³-hybridized carbons (Fsp3) is 0.650. The number of ketones is 1. The second-order valence-corrected chi connectivity index (χ2v) is 8.94. The molecule has 2 heterocycles. The van der Waals surface area contributed by atoms with Crippen LogP contribution in [0.5, 0.6) is 0 Å². The molecular formula is C20H28N4O8S. The van der Waals surface area contributed by atoms with Gasteiger partial charge in [0.25, 0.3) is 11.8 Å². The van der Waals surface area contributed by atoms with Crippen LogP contribution in [0, 0.1) is 0 Å². The molecule has 0 radical (unpaired) electrons. The van der Waals surface area contributed by atoms with Gasteiger partial charge in [-0.25, -0.2) is 4.79 Å². The highest BCUT2D eigenvalue weighted by Crippen LogP contribution is 2.26. The Morgan fingerprint density at radius 2 is 1.76 bits per heavy atom. The number of Topliss-reactive ketones (excluding diaryl/α,β-unsaturated/α-hetero) is 1.